The summed E-state index contributed by atoms with van der Waals surface area (Å²) in [5.74, 6) is 0.798. The van der Waals surface area contributed by atoms with Gasteiger partial charge in [0.05, 0.1) is 15.6 Å². The number of para-hydroxylation sites is 1. The monoisotopic (exact) mass is 425 g/mol. The topological polar surface area (TPSA) is 90.7 Å². The van der Waals surface area contributed by atoms with E-state index in [1.54, 1.807) is 12.1 Å². The fourth-order valence-electron chi connectivity index (χ4n) is 3.30. The highest BCUT2D eigenvalue weighted by Gasteiger charge is 2.24. The van der Waals surface area contributed by atoms with Gasteiger partial charge in [0.1, 0.15) is 5.76 Å². The van der Waals surface area contributed by atoms with Crippen LogP contribution < -0.4 is 10.6 Å². The van der Waals surface area contributed by atoms with Crippen LogP contribution in [-0.4, -0.2) is 53.1 Å². The molecule has 156 valence electrons. The van der Waals surface area contributed by atoms with Crippen LogP contribution in [-0.2, 0) is 6.54 Å². The summed E-state index contributed by atoms with van der Waals surface area (Å²) in [5, 5.41) is 10.2. The Kier molecular flexibility index (Phi) is 6.10. The first-order valence-corrected chi connectivity index (χ1v) is 10.6. The highest BCUT2D eigenvalue weighted by molar-refractivity contribution is 7.18. The normalized spacial score (nSPS) is 14.5. The third-order valence-corrected chi connectivity index (χ3v) is 5.80. The van der Waals surface area contributed by atoms with Crippen LogP contribution in [0.3, 0.4) is 0 Å². The number of aromatic nitrogens is 1. The predicted molar refractivity (Wildman–Crippen MR) is 116 cm³/mol. The molecule has 3 heterocycles. The summed E-state index contributed by atoms with van der Waals surface area (Å²) in [7, 11) is 0. The highest BCUT2D eigenvalue weighted by atomic mass is 32.1. The Bertz CT molecular complexity index is 1010. The van der Waals surface area contributed by atoms with E-state index < -0.39 is 0 Å². The second-order valence-electron chi connectivity index (χ2n) is 7.11. The van der Waals surface area contributed by atoms with E-state index in [2.05, 4.69) is 20.7 Å². The van der Waals surface area contributed by atoms with Crippen LogP contribution in [0.25, 0.3) is 0 Å². The van der Waals surface area contributed by atoms with Crippen LogP contribution >= 0.6 is 11.3 Å². The molecule has 8 nitrogen and oxygen atoms in total. The van der Waals surface area contributed by atoms with Crippen LogP contribution in [0.4, 0.5) is 15.5 Å². The van der Waals surface area contributed by atoms with Crippen molar-refractivity contribution in [1.82, 2.24) is 15.0 Å². The van der Waals surface area contributed by atoms with Crippen molar-refractivity contribution in [3.8, 4) is 0 Å². The van der Waals surface area contributed by atoms with E-state index in [-0.39, 0.29) is 11.9 Å². The summed E-state index contributed by atoms with van der Waals surface area (Å²) >= 11 is 1.28. The van der Waals surface area contributed by atoms with Crippen molar-refractivity contribution < 1.29 is 14.1 Å². The van der Waals surface area contributed by atoms with E-state index in [1.165, 1.54) is 11.3 Å². The zero-order valence-corrected chi connectivity index (χ0v) is 17.4. The van der Waals surface area contributed by atoms with E-state index in [0.29, 0.717) is 28.7 Å². The van der Waals surface area contributed by atoms with Crippen molar-refractivity contribution >= 4 is 34.0 Å². The van der Waals surface area contributed by atoms with Crippen LogP contribution in [0.2, 0.25) is 0 Å². The number of nitrogens with one attached hydrogen (secondary N) is 2. The number of nitrogens with zero attached hydrogens (tertiary/aromatic N) is 3. The molecule has 1 aliphatic rings. The first-order valence-electron chi connectivity index (χ1n) is 9.73. The lowest BCUT2D eigenvalue weighted by Gasteiger charge is -2.34. The van der Waals surface area contributed by atoms with Gasteiger partial charge >= 0.3 is 6.03 Å². The first kappa shape index (κ1) is 20.1. The Labute approximate surface area is 178 Å². The number of carbonyl (C=O) groups is 2. The van der Waals surface area contributed by atoms with E-state index in [4.69, 9.17) is 4.52 Å². The molecule has 0 bridgehead atoms. The van der Waals surface area contributed by atoms with Gasteiger partial charge in [-0.1, -0.05) is 23.4 Å². The number of piperazine rings is 1. The molecule has 3 amide bonds. The summed E-state index contributed by atoms with van der Waals surface area (Å²) in [6, 6.07) is 14.3. The molecule has 0 aliphatic carbocycles. The third-order valence-electron chi connectivity index (χ3n) is 4.81. The summed E-state index contributed by atoms with van der Waals surface area (Å²) < 4.78 is 5.11. The molecule has 9 heteroatoms. The molecular weight excluding hydrogens is 402 g/mol. The van der Waals surface area contributed by atoms with Crippen LogP contribution in [0.5, 0.6) is 0 Å². The minimum Gasteiger partial charge on any atom is -0.361 e. The molecule has 1 fully saturated rings. The Morgan fingerprint density at radius 2 is 1.83 bits per heavy atom. The predicted octanol–water partition coefficient (Wildman–Crippen LogP) is 3.65. The van der Waals surface area contributed by atoms with E-state index in [9.17, 15) is 9.59 Å². The molecule has 3 aromatic rings. The third kappa shape index (κ3) is 5.05. The van der Waals surface area contributed by atoms with Gasteiger partial charge in [-0.3, -0.25) is 15.0 Å². The average Bonchev–Trinajstić information content (AvgIpc) is 3.37. The van der Waals surface area contributed by atoms with Crippen molar-refractivity contribution in [2.24, 2.45) is 0 Å². The molecule has 4 rings (SSSR count). The number of aryl methyl sites for hydroxylation is 1. The first-order chi connectivity index (χ1) is 14.6. The fourth-order valence-corrected chi connectivity index (χ4v) is 4.17. The number of benzene rings is 1. The molecule has 2 N–H and O–H groups in total. The van der Waals surface area contributed by atoms with Crippen molar-refractivity contribution in [2.45, 2.75) is 13.5 Å². The number of amides is 3. The molecule has 1 aliphatic heterocycles. The fraction of sp³-hybridized carbons (Fsp3) is 0.286. The second kappa shape index (κ2) is 9.10. The minimum absolute atomic E-state index is 0.00607. The average molecular weight is 426 g/mol. The van der Waals surface area contributed by atoms with Gasteiger partial charge in [-0.15, -0.1) is 11.3 Å². The summed E-state index contributed by atoms with van der Waals surface area (Å²) in [6.07, 6.45) is 0. The lowest BCUT2D eigenvalue weighted by atomic mass is 10.2. The van der Waals surface area contributed by atoms with Gasteiger partial charge in [-0.05, 0) is 31.2 Å². The van der Waals surface area contributed by atoms with Crippen molar-refractivity contribution in [2.75, 3.05) is 36.8 Å². The maximum absolute atomic E-state index is 12.8. The quantitative estimate of drug-likeness (QED) is 0.651. The Morgan fingerprint density at radius 3 is 2.53 bits per heavy atom. The molecule has 0 unspecified atom stereocenters. The molecule has 0 atom stereocenters. The van der Waals surface area contributed by atoms with Gasteiger partial charge in [-0.2, -0.15) is 0 Å². The number of hydrogen-bond donors (Lipinski definition) is 2. The summed E-state index contributed by atoms with van der Waals surface area (Å²) in [6.45, 7) is 5.49. The largest absolute Gasteiger partial charge is 0.361 e. The van der Waals surface area contributed by atoms with E-state index >= 15 is 0 Å². The van der Waals surface area contributed by atoms with Gasteiger partial charge in [-0.25, -0.2) is 4.79 Å². The molecule has 1 aromatic carbocycles. The standard InChI is InChI=1S/C21H23N5O3S/c1-15-13-17(24-29-15)14-25-9-11-26(12-10-25)20(27)18-7-8-19(30-18)23-21(28)22-16-5-3-2-4-6-16/h2-8,13H,9-12,14H2,1H3,(H2,22,23,28). The maximum Gasteiger partial charge on any atom is 0.324 e. The van der Waals surface area contributed by atoms with E-state index in [0.717, 1.165) is 31.1 Å². The molecule has 2 aromatic heterocycles. The Hall–Kier alpha value is -3.17. The molecule has 1 saturated heterocycles. The van der Waals surface area contributed by atoms with E-state index in [1.807, 2.05) is 48.2 Å². The van der Waals surface area contributed by atoms with Crippen LogP contribution in [0, 0.1) is 6.92 Å². The second-order valence-corrected chi connectivity index (χ2v) is 8.19. The SMILES string of the molecule is Cc1cc(CN2CCN(C(=O)c3ccc(NC(=O)Nc4ccccc4)s3)CC2)no1. The number of anilines is 2. The molecule has 0 radical (unpaired) electrons. The smallest absolute Gasteiger partial charge is 0.324 e. The molecule has 0 spiro atoms. The van der Waals surface area contributed by atoms with Gasteiger partial charge in [0.25, 0.3) is 5.91 Å². The lowest BCUT2D eigenvalue weighted by molar-refractivity contribution is 0.0630. The number of thiophene rings is 1. The van der Waals surface area contributed by atoms with Gasteiger partial charge < -0.3 is 14.7 Å². The van der Waals surface area contributed by atoms with Gasteiger partial charge in [0.2, 0.25) is 0 Å². The zero-order chi connectivity index (χ0) is 20.9. The highest BCUT2D eigenvalue weighted by Crippen LogP contribution is 2.24. The number of carbonyl (C=O) groups excluding carboxylic acids is 2. The zero-order valence-electron chi connectivity index (χ0n) is 16.6. The lowest BCUT2D eigenvalue weighted by Crippen LogP contribution is -2.48. The maximum atomic E-state index is 12.8. The van der Waals surface area contributed by atoms with Crippen molar-refractivity contribution in [3.05, 3.63) is 64.9 Å². The Balaban J connectivity index is 1.27. The van der Waals surface area contributed by atoms with Crippen LogP contribution in [0.1, 0.15) is 21.1 Å². The summed E-state index contributed by atoms with van der Waals surface area (Å²) in [4.78, 5) is 29.7. The molecule has 0 saturated carbocycles. The van der Waals surface area contributed by atoms with Crippen molar-refractivity contribution in [1.29, 1.82) is 0 Å². The van der Waals surface area contributed by atoms with Crippen LogP contribution in [0.15, 0.2) is 53.1 Å². The molecular formula is C21H23N5O3S. The number of hydrogen-bond acceptors (Lipinski definition) is 6. The van der Waals surface area contributed by atoms with Gasteiger partial charge in [0.15, 0.2) is 0 Å². The Morgan fingerprint density at radius 1 is 1.07 bits per heavy atom. The minimum atomic E-state index is -0.334. The summed E-state index contributed by atoms with van der Waals surface area (Å²) in [5.41, 5.74) is 1.62. The van der Waals surface area contributed by atoms with Crippen molar-refractivity contribution in [3.63, 3.8) is 0 Å². The van der Waals surface area contributed by atoms with Gasteiger partial charge in [0, 0.05) is 44.5 Å². The number of rotatable bonds is 5. The number of urea groups is 1. The molecule has 30 heavy (non-hydrogen) atoms.